The molecule has 0 aliphatic rings. The Morgan fingerprint density at radius 1 is 1.21 bits per heavy atom. The average molecular weight is 318 g/mol. The van der Waals surface area contributed by atoms with E-state index in [-0.39, 0.29) is 26.8 Å². The first-order chi connectivity index (χ1) is 8.95. The van der Waals surface area contributed by atoms with Gasteiger partial charge in [-0.25, -0.2) is 15.0 Å². The number of amides is 1. The lowest BCUT2D eigenvalue weighted by Gasteiger charge is -2.05. The molecule has 0 saturated carbocycles. The van der Waals surface area contributed by atoms with Gasteiger partial charge in [0.2, 0.25) is 5.95 Å². The van der Waals surface area contributed by atoms with E-state index in [0.29, 0.717) is 5.69 Å². The Kier molecular flexibility index (Phi) is 4.19. The molecule has 0 aliphatic heterocycles. The monoisotopic (exact) mass is 316 g/mol. The summed E-state index contributed by atoms with van der Waals surface area (Å²) in [6.07, 6.45) is 1.31. The Labute approximate surface area is 123 Å². The Hall–Kier alpha value is -1.43. The molecule has 2 aromatic heterocycles. The van der Waals surface area contributed by atoms with Crippen LogP contribution in [-0.4, -0.2) is 20.9 Å². The van der Waals surface area contributed by atoms with Gasteiger partial charge in [-0.3, -0.25) is 10.1 Å². The molecule has 2 aromatic rings. The smallest absolute Gasteiger partial charge is 0.259 e. The maximum atomic E-state index is 11.9. The minimum absolute atomic E-state index is 0.112. The van der Waals surface area contributed by atoms with Crippen LogP contribution in [0.15, 0.2) is 18.3 Å². The van der Waals surface area contributed by atoms with Crippen molar-refractivity contribution in [1.29, 1.82) is 0 Å². The van der Waals surface area contributed by atoms with E-state index in [2.05, 4.69) is 20.3 Å². The van der Waals surface area contributed by atoms with E-state index in [1.165, 1.54) is 12.3 Å². The predicted octanol–water partition coefficient (Wildman–Crippen LogP) is 3.39. The van der Waals surface area contributed by atoms with Gasteiger partial charge in [0.15, 0.2) is 0 Å². The molecule has 0 aromatic carbocycles. The highest BCUT2D eigenvalue weighted by Gasteiger charge is 2.11. The number of nitrogens with zero attached hydrogens (tertiary/aromatic N) is 3. The average Bonchev–Trinajstić information content (AvgIpc) is 2.31. The van der Waals surface area contributed by atoms with Crippen molar-refractivity contribution in [3.63, 3.8) is 0 Å². The predicted molar refractivity (Wildman–Crippen MR) is 74.0 cm³/mol. The molecule has 5 nitrogen and oxygen atoms in total. The molecular formula is C11H7Cl3N4O. The van der Waals surface area contributed by atoms with Gasteiger partial charge in [-0.05, 0) is 19.1 Å². The van der Waals surface area contributed by atoms with Gasteiger partial charge < -0.3 is 0 Å². The second kappa shape index (κ2) is 5.69. The molecule has 0 radical (unpaired) electrons. The molecule has 0 unspecified atom stereocenters. The van der Waals surface area contributed by atoms with Crippen molar-refractivity contribution in [3.05, 3.63) is 44.9 Å². The van der Waals surface area contributed by atoms with Gasteiger partial charge in [-0.2, -0.15) is 0 Å². The van der Waals surface area contributed by atoms with E-state index in [9.17, 15) is 4.79 Å². The molecule has 0 spiro atoms. The summed E-state index contributed by atoms with van der Waals surface area (Å²) in [6.45, 7) is 1.74. The Balaban J connectivity index is 2.22. The molecule has 2 rings (SSSR count). The molecular weight excluding hydrogens is 311 g/mol. The number of pyridine rings is 1. The van der Waals surface area contributed by atoms with Crippen LogP contribution in [0.4, 0.5) is 5.95 Å². The Morgan fingerprint density at radius 2 is 1.95 bits per heavy atom. The molecule has 0 aliphatic carbocycles. The van der Waals surface area contributed by atoms with Crippen LogP contribution in [-0.2, 0) is 0 Å². The van der Waals surface area contributed by atoms with E-state index < -0.39 is 5.91 Å². The van der Waals surface area contributed by atoms with Crippen molar-refractivity contribution in [1.82, 2.24) is 15.0 Å². The van der Waals surface area contributed by atoms with Gasteiger partial charge in [0.05, 0.1) is 10.6 Å². The van der Waals surface area contributed by atoms with Crippen LogP contribution in [0.25, 0.3) is 0 Å². The standard InChI is InChI=1S/C11H7Cl3N4O/c1-5-2-8(13)17-11(16-5)18-10(19)6-3-7(12)9(14)15-4-6/h2-4H,1H3,(H,16,17,18,19). The third-order valence-corrected chi connectivity index (χ3v) is 2.99. The highest BCUT2D eigenvalue weighted by atomic mass is 35.5. The molecule has 1 N–H and O–H groups in total. The van der Waals surface area contributed by atoms with Crippen LogP contribution in [0.2, 0.25) is 15.3 Å². The maximum absolute atomic E-state index is 11.9. The van der Waals surface area contributed by atoms with E-state index in [1.807, 2.05) is 0 Å². The van der Waals surface area contributed by atoms with E-state index in [1.54, 1.807) is 13.0 Å². The fourth-order valence-electron chi connectivity index (χ4n) is 1.31. The third-order valence-electron chi connectivity index (χ3n) is 2.11. The van der Waals surface area contributed by atoms with Gasteiger partial charge >= 0.3 is 0 Å². The molecule has 0 fully saturated rings. The minimum atomic E-state index is -0.451. The lowest BCUT2D eigenvalue weighted by molar-refractivity contribution is 0.102. The number of hydrogen-bond donors (Lipinski definition) is 1. The minimum Gasteiger partial charge on any atom is -0.290 e. The molecule has 0 bridgehead atoms. The zero-order valence-corrected chi connectivity index (χ0v) is 11.9. The van der Waals surface area contributed by atoms with Crippen molar-refractivity contribution >= 4 is 46.7 Å². The lowest BCUT2D eigenvalue weighted by Crippen LogP contribution is -2.15. The summed E-state index contributed by atoms with van der Waals surface area (Å²) in [5.74, 6) is -0.339. The Morgan fingerprint density at radius 3 is 2.58 bits per heavy atom. The Bertz CT molecular complexity index is 628. The number of hydrogen-bond acceptors (Lipinski definition) is 4. The molecule has 0 atom stereocenters. The number of halogens is 3. The molecule has 98 valence electrons. The van der Waals surface area contributed by atoms with Crippen LogP contribution in [0.5, 0.6) is 0 Å². The van der Waals surface area contributed by atoms with Crippen LogP contribution < -0.4 is 5.32 Å². The molecule has 19 heavy (non-hydrogen) atoms. The molecule has 0 saturated heterocycles. The quantitative estimate of drug-likeness (QED) is 0.681. The fourth-order valence-corrected chi connectivity index (χ4v) is 1.81. The van der Waals surface area contributed by atoms with Crippen molar-refractivity contribution in [2.75, 3.05) is 5.32 Å². The van der Waals surface area contributed by atoms with Crippen molar-refractivity contribution in [2.24, 2.45) is 0 Å². The number of carbonyl (C=O) groups excluding carboxylic acids is 1. The molecule has 1 amide bonds. The fraction of sp³-hybridized carbons (Fsp3) is 0.0909. The number of rotatable bonds is 2. The summed E-state index contributed by atoms with van der Waals surface area (Å²) in [4.78, 5) is 23.6. The summed E-state index contributed by atoms with van der Waals surface area (Å²) < 4.78 is 0. The van der Waals surface area contributed by atoms with Gasteiger partial charge in [-0.1, -0.05) is 34.8 Å². The van der Waals surface area contributed by atoms with Gasteiger partial charge in [0.25, 0.3) is 5.91 Å². The van der Waals surface area contributed by atoms with E-state index in [4.69, 9.17) is 34.8 Å². The largest absolute Gasteiger partial charge is 0.290 e. The number of aryl methyl sites for hydroxylation is 1. The highest BCUT2D eigenvalue weighted by Crippen LogP contribution is 2.20. The number of aromatic nitrogens is 3. The van der Waals surface area contributed by atoms with Gasteiger partial charge in [-0.15, -0.1) is 0 Å². The SMILES string of the molecule is Cc1cc(Cl)nc(NC(=O)c2cnc(Cl)c(Cl)c2)n1. The van der Waals surface area contributed by atoms with Crippen molar-refractivity contribution in [3.8, 4) is 0 Å². The number of anilines is 1. The highest BCUT2D eigenvalue weighted by molar-refractivity contribution is 6.41. The van der Waals surface area contributed by atoms with Crippen LogP contribution in [0, 0.1) is 6.92 Å². The first-order valence-electron chi connectivity index (χ1n) is 5.09. The van der Waals surface area contributed by atoms with Crippen LogP contribution in [0.1, 0.15) is 16.1 Å². The lowest BCUT2D eigenvalue weighted by atomic mass is 10.3. The first-order valence-corrected chi connectivity index (χ1v) is 6.22. The number of carbonyl (C=O) groups is 1. The van der Waals surface area contributed by atoms with Crippen LogP contribution >= 0.6 is 34.8 Å². The normalized spacial score (nSPS) is 10.3. The zero-order chi connectivity index (χ0) is 14.0. The maximum Gasteiger partial charge on any atom is 0.259 e. The summed E-state index contributed by atoms with van der Waals surface area (Å²) in [5, 5.41) is 3.07. The zero-order valence-electron chi connectivity index (χ0n) is 9.62. The topological polar surface area (TPSA) is 67.8 Å². The molecule has 2 heterocycles. The summed E-state index contributed by atoms with van der Waals surface area (Å²) >= 11 is 17.2. The van der Waals surface area contributed by atoms with Gasteiger partial charge in [0.1, 0.15) is 10.3 Å². The second-order valence-corrected chi connectivity index (χ2v) is 4.76. The molecule has 8 heteroatoms. The van der Waals surface area contributed by atoms with E-state index >= 15 is 0 Å². The van der Waals surface area contributed by atoms with E-state index in [0.717, 1.165) is 0 Å². The van der Waals surface area contributed by atoms with Crippen molar-refractivity contribution in [2.45, 2.75) is 6.92 Å². The second-order valence-electron chi connectivity index (χ2n) is 3.61. The summed E-state index contributed by atoms with van der Waals surface area (Å²) in [6, 6.07) is 2.99. The van der Waals surface area contributed by atoms with Crippen LogP contribution in [0.3, 0.4) is 0 Å². The first kappa shape index (κ1) is 14.0. The third kappa shape index (κ3) is 3.53. The number of nitrogens with one attached hydrogen (secondary N) is 1. The summed E-state index contributed by atoms with van der Waals surface area (Å²) in [7, 11) is 0. The summed E-state index contributed by atoms with van der Waals surface area (Å²) in [5.41, 5.74) is 0.887. The van der Waals surface area contributed by atoms with Crippen molar-refractivity contribution < 1.29 is 4.79 Å². The van der Waals surface area contributed by atoms with Gasteiger partial charge in [0, 0.05) is 11.9 Å².